The number of carbonyl (C=O) groups is 1. The summed E-state index contributed by atoms with van der Waals surface area (Å²) >= 11 is 0. The van der Waals surface area contributed by atoms with Crippen molar-refractivity contribution in [2.45, 2.75) is 38.3 Å². The molecule has 2 heterocycles. The van der Waals surface area contributed by atoms with Gasteiger partial charge in [0.2, 0.25) is 5.88 Å². The zero-order valence-corrected chi connectivity index (χ0v) is 14.0. The van der Waals surface area contributed by atoms with E-state index in [4.69, 9.17) is 10.00 Å². The molecule has 0 spiro atoms. The van der Waals surface area contributed by atoms with Crippen LogP contribution in [-0.4, -0.2) is 26.9 Å². The molecule has 0 aliphatic heterocycles. The van der Waals surface area contributed by atoms with E-state index in [1.165, 1.54) is 23.7 Å². The number of urea groups is 1. The van der Waals surface area contributed by atoms with Gasteiger partial charge in [-0.2, -0.15) is 10.4 Å². The lowest BCUT2D eigenvalue weighted by Gasteiger charge is -2.15. The summed E-state index contributed by atoms with van der Waals surface area (Å²) in [7, 11) is 1.66. The Morgan fingerprint density at radius 1 is 1.48 bits per heavy atom. The largest absolute Gasteiger partial charge is 0.474 e. The minimum Gasteiger partial charge on any atom is -0.474 e. The van der Waals surface area contributed by atoms with E-state index in [1.807, 2.05) is 18.2 Å². The number of nitrogens with zero attached hydrogens (tertiary/aromatic N) is 4. The van der Waals surface area contributed by atoms with Crippen molar-refractivity contribution in [2.75, 3.05) is 5.32 Å². The molecular weight excluding hydrogens is 320 g/mol. The number of hydrogen-bond acceptors (Lipinski definition) is 5. The lowest BCUT2D eigenvalue weighted by Crippen LogP contribution is -2.29. The van der Waals surface area contributed by atoms with Crippen LogP contribution in [-0.2, 0) is 13.6 Å². The van der Waals surface area contributed by atoms with Crippen LogP contribution in [0.3, 0.4) is 0 Å². The van der Waals surface area contributed by atoms with Crippen molar-refractivity contribution in [3.63, 3.8) is 0 Å². The molecule has 0 saturated heterocycles. The van der Waals surface area contributed by atoms with Gasteiger partial charge in [-0.1, -0.05) is 6.07 Å². The number of hydrogen-bond donors (Lipinski definition) is 2. The van der Waals surface area contributed by atoms with Crippen LogP contribution in [0.2, 0.25) is 0 Å². The van der Waals surface area contributed by atoms with Gasteiger partial charge in [0.1, 0.15) is 23.6 Å². The van der Waals surface area contributed by atoms with Crippen molar-refractivity contribution in [3.8, 4) is 11.9 Å². The molecule has 8 nitrogen and oxygen atoms in total. The molecule has 1 aliphatic rings. The summed E-state index contributed by atoms with van der Waals surface area (Å²) < 4.78 is 7.40. The molecule has 3 rings (SSSR count). The van der Waals surface area contributed by atoms with Gasteiger partial charge in [0.25, 0.3) is 0 Å². The number of nitrogens with one attached hydrogen (secondary N) is 2. The number of anilines is 1. The van der Waals surface area contributed by atoms with Crippen LogP contribution in [0.4, 0.5) is 10.6 Å². The minimum absolute atomic E-state index is 0.204. The summed E-state index contributed by atoms with van der Waals surface area (Å²) in [5, 5.41) is 18.4. The maximum Gasteiger partial charge on any atom is 0.320 e. The molecule has 1 fully saturated rings. The second kappa shape index (κ2) is 7.66. The third-order valence-corrected chi connectivity index (χ3v) is 4.16. The zero-order chi connectivity index (χ0) is 17.6. The molecule has 1 aliphatic carbocycles. The van der Waals surface area contributed by atoms with Crippen molar-refractivity contribution in [2.24, 2.45) is 7.05 Å². The fraction of sp³-hybridized carbons (Fsp3) is 0.412. The third kappa shape index (κ3) is 4.07. The van der Waals surface area contributed by atoms with Gasteiger partial charge in [0.15, 0.2) is 0 Å². The van der Waals surface area contributed by atoms with Gasteiger partial charge in [0.05, 0.1) is 6.20 Å². The van der Waals surface area contributed by atoms with E-state index in [0.717, 1.165) is 18.4 Å². The summed E-state index contributed by atoms with van der Waals surface area (Å²) in [4.78, 5) is 16.4. The molecule has 0 aromatic carbocycles. The Bertz CT molecular complexity index is 789. The molecule has 130 valence electrons. The Morgan fingerprint density at radius 2 is 2.28 bits per heavy atom. The molecule has 0 unspecified atom stereocenters. The SMILES string of the molecule is Cn1ncc(C#N)c1NC(=O)NCc1cccnc1OC1CCCC1. The molecule has 2 aromatic rings. The van der Waals surface area contributed by atoms with Gasteiger partial charge in [-0.25, -0.2) is 9.78 Å². The van der Waals surface area contributed by atoms with Crippen LogP contribution in [0.15, 0.2) is 24.5 Å². The summed E-state index contributed by atoms with van der Waals surface area (Å²) in [5.41, 5.74) is 1.12. The van der Waals surface area contributed by atoms with Gasteiger partial charge >= 0.3 is 6.03 Å². The predicted octanol–water partition coefficient (Wildman–Crippen LogP) is 2.33. The molecule has 2 amide bonds. The molecule has 2 N–H and O–H groups in total. The topological polar surface area (TPSA) is 105 Å². The number of nitriles is 1. The molecule has 0 atom stereocenters. The predicted molar refractivity (Wildman–Crippen MR) is 90.9 cm³/mol. The first-order chi connectivity index (χ1) is 12.2. The lowest BCUT2D eigenvalue weighted by molar-refractivity contribution is 0.199. The fourth-order valence-electron chi connectivity index (χ4n) is 2.82. The number of amides is 2. The minimum atomic E-state index is -0.421. The van der Waals surface area contributed by atoms with E-state index >= 15 is 0 Å². The number of rotatable bonds is 5. The highest BCUT2D eigenvalue weighted by Crippen LogP contribution is 2.25. The zero-order valence-electron chi connectivity index (χ0n) is 14.0. The van der Waals surface area contributed by atoms with Gasteiger partial charge in [0, 0.05) is 25.4 Å². The Hall–Kier alpha value is -3.08. The molecular formula is C17H20N6O2. The van der Waals surface area contributed by atoms with Gasteiger partial charge < -0.3 is 10.1 Å². The van der Waals surface area contributed by atoms with Crippen LogP contribution >= 0.6 is 0 Å². The standard InChI is InChI=1S/C17H20N6O2/c1-23-15(13(9-18)11-21-23)22-17(24)20-10-12-5-4-8-19-16(12)25-14-6-2-3-7-14/h4-5,8,11,14H,2-3,6-7,10H2,1H3,(H2,20,22,24). The summed E-state index contributed by atoms with van der Waals surface area (Å²) in [5.74, 6) is 0.918. The van der Waals surface area contributed by atoms with E-state index in [0.29, 0.717) is 17.3 Å². The fourth-order valence-corrected chi connectivity index (χ4v) is 2.82. The number of ether oxygens (including phenoxy) is 1. The van der Waals surface area contributed by atoms with Gasteiger partial charge in [-0.05, 0) is 31.7 Å². The van der Waals surface area contributed by atoms with Crippen molar-refractivity contribution < 1.29 is 9.53 Å². The smallest absolute Gasteiger partial charge is 0.320 e. The second-order valence-corrected chi connectivity index (χ2v) is 5.94. The van der Waals surface area contributed by atoms with Crippen LogP contribution in [0, 0.1) is 11.3 Å². The van der Waals surface area contributed by atoms with Crippen molar-refractivity contribution in [1.82, 2.24) is 20.1 Å². The highest BCUT2D eigenvalue weighted by molar-refractivity contribution is 5.89. The van der Waals surface area contributed by atoms with Crippen molar-refractivity contribution in [1.29, 1.82) is 5.26 Å². The number of aryl methyl sites for hydroxylation is 1. The normalized spacial score (nSPS) is 14.1. The molecule has 0 bridgehead atoms. The quantitative estimate of drug-likeness (QED) is 0.869. The third-order valence-electron chi connectivity index (χ3n) is 4.16. The second-order valence-electron chi connectivity index (χ2n) is 5.94. The lowest BCUT2D eigenvalue weighted by atomic mass is 10.2. The molecule has 25 heavy (non-hydrogen) atoms. The first-order valence-corrected chi connectivity index (χ1v) is 8.25. The van der Waals surface area contributed by atoms with E-state index in [2.05, 4.69) is 20.7 Å². The number of carbonyl (C=O) groups excluding carboxylic acids is 1. The van der Waals surface area contributed by atoms with Crippen LogP contribution < -0.4 is 15.4 Å². The average molecular weight is 340 g/mol. The Balaban J connectivity index is 1.60. The van der Waals surface area contributed by atoms with E-state index in [-0.39, 0.29) is 12.6 Å². The summed E-state index contributed by atoms with van der Waals surface area (Å²) in [6, 6.07) is 5.26. The first-order valence-electron chi connectivity index (χ1n) is 8.25. The van der Waals surface area contributed by atoms with Gasteiger partial charge in [-0.15, -0.1) is 0 Å². The maximum atomic E-state index is 12.1. The van der Waals surface area contributed by atoms with E-state index < -0.39 is 6.03 Å². The van der Waals surface area contributed by atoms with Crippen molar-refractivity contribution in [3.05, 3.63) is 35.7 Å². The monoisotopic (exact) mass is 340 g/mol. The summed E-state index contributed by atoms with van der Waals surface area (Å²) in [6.07, 6.45) is 7.74. The highest BCUT2D eigenvalue weighted by atomic mass is 16.5. The Kier molecular flexibility index (Phi) is 5.14. The van der Waals surface area contributed by atoms with Crippen LogP contribution in [0.25, 0.3) is 0 Å². The molecule has 1 saturated carbocycles. The van der Waals surface area contributed by atoms with Crippen LogP contribution in [0.5, 0.6) is 5.88 Å². The maximum absolute atomic E-state index is 12.1. The van der Waals surface area contributed by atoms with E-state index in [9.17, 15) is 4.79 Å². The summed E-state index contributed by atoms with van der Waals surface area (Å²) in [6.45, 7) is 0.279. The Labute approximate surface area is 145 Å². The van der Waals surface area contributed by atoms with E-state index in [1.54, 1.807) is 13.2 Å². The van der Waals surface area contributed by atoms with Crippen molar-refractivity contribution >= 4 is 11.8 Å². The Morgan fingerprint density at radius 3 is 3.04 bits per heavy atom. The molecule has 8 heteroatoms. The number of aromatic nitrogens is 3. The molecule has 2 aromatic heterocycles. The van der Waals surface area contributed by atoms with Gasteiger partial charge in [-0.3, -0.25) is 10.00 Å². The van der Waals surface area contributed by atoms with Crippen LogP contribution in [0.1, 0.15) is 36.8 Å². The average Bonchev–Trinajstić information content (AvgIpc) is 3.25. The highest BCUT2D eigenvalue weighted by Gasteiger charge is 2.19. The molecule has 0 radical (unpaired) electrons. The first kappa shape index (κ1) is 16.8. The number of pyridine rings is 1.